The molecule has 0 unspecified atom stereocenters. The van der Waals surface area contributed by atoms with Crippen LogP contribution in [0.25, 0.3) is 5.57 Å². The third-order valence-corrected chi connectivity index (χ3v) is 5.61. The first kappa shape index (κ1) is 20.4. The van der Waals surface area contributed by atoms with E-state index in [9.17, 15) is 9.59 Å². The van der Waals surface area contributed by atoms with Gasteiger partial charge in [-0.3, -0.25) is 14.5 Å². The molecule has 2 aliphatic rings. The average molecular weight is 429 g/mol. The maximum Gasteiger partial charge on any atom is 0.278 e. The number of imide groups is 1. The number of ether oxygens (including phenoxy) is 3. The van der Waals surface area contributed by atoms with Crippen molar-refractivity contribution in [1.29, 1.82) is 0 Å². The molecule has 1 aromatic carbocycles. The van der Waals surface area contributed by atoms with Crippen molar-refractivity contribution in [2.75, 3.05) is 31.7 Å². The Morgan fingerprint density at radius 2 is 1.93 bits per heavy atom. The van der Waals surface area contributed by atoms with Crippen LogP contribution in [0.2, 0.25) is 0 Å². The van der Waals surface area contributed by atoms with Crippen molar-refractivity contribution in [3.63, 3.8) is 0 Å². The fourth-order valence-electron chi connectivity index (χ4n) is 3.35. The van der Waals surface area contributed by atoms with E-state index in [0.29, 0.717) is 55.5 Å². The Kier molecular flexibility index (Phi) is 6.06. The van der Waals surface area contributed by atoms with E-state index in [0.717, 1.165) is 4.88 Å². The molecule has 0 fully saturated rings. The molecule has 30 heavy (non-hydrogen) atoms. The highest BCUT2D eigenvalue weighted by molar-refractivity contribution is 7.11. The molecule has 158 valence electrons. The van der Waals surface area contributed by atoms with Gasteiger partial charge in [-0.15, -0.1) is 11.3 Å². The number of hydrogen-bond donors (Lipinski definition) is 1. The number of anilines is 1. The Balaban J connectivity index is 1.58. The molecule has 4 rings (SSSR count). The van der Waals surface area contributed by atoms with Crippen LogP contribution in [0.1, 0.15) is 25.1 Å². The van der Waals surface area contributed by atoms with Gasteiger partial charge in [-0.05, 0) is 43.8 Å². The number of rotatable bonds is 8. The third kappa shape index (κ3) is 4.20. The zero-order valence-electron chi connectivity index (χ0n) is 17.0. The van der Waals surface area contributed by atoms with E-state index in [1.165, 1.54) is 16.2 Å². The van der Waals surface area contributed by atoms with Gasteiger partial charge in [0.2, 0.25) is 0 Å². The normalized spacial score (nSPS) is 16.0. The molecule has 2 amide bonds. The number of thiophene rings is 1. The summed E-state index contributed by atoms with van der Waals surface area (Å²) in [5.41, 5.74) is 1.34. The van der Waals surface area contributed by atoms with Gasteiger partial charge in [0, 0.05) is 29.8 Å². The Morgan fingerprint density at radius 1 is 1.13 bits per heavy atom. The molecule has 0 saturated heterocycles. The minimum absolute atomic E-state index is 0.113. The van der Waals surface area contributed by atoms with E-state index in [4.69, 9.17) is 14.2 Å². The van der Waals surface area contributed by atoms with Gasteiger partial charge in [0.15, 0.2) is 11.5 Å². The zero-order valence-corrected chi connectivity index (χ0v) is 17.8. The molecule has 0 aliphatic carbocycles. The Hall–Kier alpha value is -2.84. The second kappa shape index (κ2) is 8.89. The molecule has 1 N–H and O–H groups in total. The summed E-state index contributed by atoms with van der Waals surface area (Å²) in [6.07, 6.45) is 0.701. The molecule has 0 saturated carbocycles. The smallest absolute Gasteiger partial charge is 0.278 e. The van der Waals surface area contributed by atoms with E-state index in [1.54, 1.807) is 12.1 Å². The van der Waals surface area contributed by atoms with Crippen LogP contribution in [0.3, 0.4) is 0 Å². The number of carbonyl (C=O) groups is 2. The van der Waals surface area contributed by atoms with Gasteiger partial charge in [0.1, 0.15) is 18.9 Å². The second-order valence-electron chi connectivity index (χ2n) is 7.25. The number of fused-ring (bicyclic) bond motifs is 1. The summed E-state index contributed by atoms with van der Waals surface area (Å²) in [6, 6.07) is 9.10. The monoisotopic (exact) mass is 428 g/mol. The molecule has 2 aromatic rings. The van der Waals surface area contributed by atoms with Crippen LogP contribution in [0.4, 0.5) is 5.69 Å². The highest BCUT2D eigenvalue weighted by Gasteiger charge is 2.39. The molecule has 0 spiro atoms. The fraction of sp³-hybridized carbons (Fsp3) is 0.364. The van der Waals surface area contributed by atoms with Crippen molar-refractivity contribution in [2.24, 2.45) is 0 Å². The fourth-order valence-corrected chi connectivity index (χ4v) is 4.12. The van der Waals surface area contributed by atoms with Crippen LogP contribution >= 0.6 is 11.3 Å². The van der Waals surface area contributed by atoms with Crippen molar-refractivity contribution in [3.05, 3.63) is 46.3 Å². The van der Waals surface area contributed by atoms with E-state index >= 15 is 0 Å². The first-order chi connectivity index (χ1) is 14.5. The van der Waals surface area contributed by atoms with Gasteiger partial charge in [0.05, 0.1) is 11.7 Å². The summed E-state index contributed by atoms with van der Waals surface area (Å²) in [7, 11) is 0. The summed E-state index contributed by atoms with van der Waals surface area (Å²) in [5.74, 6) is 0.665. The van der Waals surface area contributed by atoms with Crippen molar-refractivity contribution < 1.29 is 23.8 Å². The summed E-state index contributed by atoms with van der Waals surface area (Å²) >= 11 is 1.43. The lowest BCUT2D eigenvalue weighted by atomic mass is 10.1. The topological polar surface area (TPSA) is 77.1 Å². The number of amides is 2. The molecular formula is C22H24N2O5S. The molecule has 0 bridgehead atoms. The molecule has 8 heteroatoms. The van der Waals surface area contributed by atoms with Crippen molar-refractivity contribution in [2.45, 2.75) is 26.4 Å². The molecule has 2 aliphatic heterocycles. The lowest BCUT2D eigenvalue weighted by Crippen LogP contribution is -2.34. The first-order valence-corrected chi connectivity index (χ1v) is 10.8. The standard InChI is InChI=1S/C22H24N2O5S/c1-14(2)27-9-4-8-24-21(25)19(18-5-3-12-30-18)20(22(24)26)23-15-6-7-16-17(13-15)29-11-10-28-16/h3,5-7,12-14,23H,4,8-11H2,1-2H3. The van der Waals surface area contributed by atoms with Crippen molar-refractivity contribution in [3.8, 4) is 11.5 Å². The largest absolute Gasteiger partial charge is 0.486 e. The highest BCUT2D eigenvalue weighted by atomic mass is 32.1. The number of nitrogens with one attached hydrogen (secondary N) is 1. The van der Waals surface area contributed by atoms with E-state index in [2.05, 4.69) is 5.32 Å². The average Bonchev–Trinajstić information content (AvgIpc) is 3.33. The van der Waals surface area contributed by atoms with Crippen LogP contribution < -0.4 is 14.8 Å². The highest BCUT2D eigenvalue weighted by Crippen LogP contribution is 2.36. The Labute approximate surface area is 179 Å². The number of nitrogens with zero attached hydrogens (tertiary/aromatic N) is 1. The molecule has 1 aromatic heterocycles. The zero-order chi connectivity index (χ0) is 21.1. The number of benzene rings is 1. The summed E-state index contributed by atoms with van der Waals surface area (Å²) in [4.78, 5) is 28.3. The second-order valence-corrected chi connectivity index (χ2v) is 8.19. The number of carbonyl (C=O) groups excluding carboxylic acids is 2. The summed E-state index contributed by atoms with van der Waals surface area (Å²) < 4.78 is 16.7. The summed E-state index contributed by atoms with van der Waals surface area (Å²) in [5, 5.41) is 5.05. The molecule has 0 atom stereocenters. The minimum Gasteiger partial charge on any atom is -0.486 e. The molecule has 0 radical (unpaired) electrons. The van der Waals surface area contributed by atoms with Gasteiger partial charge in [-0.2, -0.15) is 0 Å². The first-order valence-electron chi connectivity index (χ1n) is 9.97. The van der Waals surface area contributed by atoms with Crippen LogP contribution in [0.15, 0.2) is 41.4 Å². The predicted molar refractivity (Wildman–Crippen MR) is 115 cm³/mol. The Bertz CT molecular complexity index is 968. The Morgan fingerprint density at radius 3 is 2.67 bits per heavy atom. The van der Waals surface area contributed by atoms with Crippen molar-refractivity contribution >= 4 is 34.4 Å². The van der Waals surface area contributed by atoms with E-state index in [1.807, 2.05) is 37.4 Å². The van der Waals surface area contributed by atoms with Crippen LogP contribution in [-0.4, -0.2) is 49.2 Å². The molecule has 3 heterocycles. The third-order valence-electron chi connectivity index (χ3n) is 4.72. The number of hydrogen-bond acceptors (Lipinski definition) is 7. The maximum absolute atomic E-state index is 13.1. The predicted octanol–water partition coefficient (Wildman–Crippen LogP) is 3.53. The van der Waals surface area contributed by atoms with Gasteiger partial charge < -0.3 is 19.5 Å². The van der Waals surface area contributed by atoms with Crippen molar-refractivity contribution in [1.82, 2.24) is 4.90 Å². The SMILES string of the molecule is CC(C)OCCCN1C(=O)C(Nc2ccc3c(c2)OCCO3)=C(c2cccs2)C1=O. The lowest BCUT2D eigenvalue weighted by molar-refractivity contribution is -0.137. The minimum atomic E-state index is -0.331. The van der Waals surface area contributed by atoms with Gasteiger partial charge in [-0.25, -0.2) is 0 Å². The van der Waals surface area contributed by atoms with Crippen LogP contribution in [0, 0.1) is 0 Å². The van der Waals surface area contributed by atoms with E-state index < -0.39 is 0 Å². The maximum atomic E-state index is 13.1. The van der Waals surface area contributed by atoms with Gasteiger partial charge >= 0.3 is 0 Å². The molecule has 7 nitrogen and oxygen atoms in total. The van der Waals surface area contributed by atoms with Gasteiger partial charge in [-0.1, -0.05) is 6.07 Å². The lowest BCUT2D eigenvalue weighted by Gasteiger charge is -2.19. The summed E-state index contributed by atoms with van der Waals surface area (Å²) in [6.45, 7) is 5.70. The molecular weight excluding hydrogens is 404 g/mol. The van der Waals surface area contributed by atoms with Crippen LogP contribution in [-0.2, 0) is 14.3 Å². The van der Waals surface area contributed by atoms with E-state index in [-0.39, 0.29) is 23.6 Å². The van der Waals surface area contributed by atoms with Crippen LogP contribution in [0.5, 0.6) is 11.5 Å². The quantitative estimate of drug-likeness (QED) is 0.512. The van der Waals surface area contributed by atoms with Gasteiger partial charge in [0.25, 0.3) is 11.8 Å².